The molecule has 0 radical (unpaired) electrons. The molecule has 0 bridgehead atoms. The molecule has 3 rings (SSSR count). The van der Waals surface area contributed by atoms with Gasteiger partial charge in [-0.25, -0.2) is 9.67 Å². The average Bonchev–Trinajstić information content (AvgIpc) is 2.99. The van der Waals surface area contributed by atoms with Crippen molar-refractivity contribution in [3.05, 3.63) is 59.9 Å². The van der Waals surface area contributed by atoms with Crippen LogP contribution in [0, 0.1) is 6.92 Å². The minimum Gasteiger partial charge on any atom is -0.399 e. The Labute approximate surface area is 130 Å². The number of aryl methyl sites for hydroxylation is 1. The smallest absolute Gasteiger partial charge is 0.399 e. The van der Waals surface area contributed by atoms with Crippen molar-refractivity contribution in [2.24, 2.45) is 0 Å². The van der Waals surface area contributed by atoms with Gasteiger partial charge in [-0.1, -0.05) is 6.07 Å². The number of nitrogens with two attached hydrogens (primary N) is 1. The summed E-state index contributed by atoms with van der Waals surface area (Å²) in [6.07, 6.45) is -3.01. The highest BCUT2D eigenvalue weighted by molar-refractivity contribution is 5.61. The van der Waals surface area contributed by atoms with Gasteiger partial charge in [0.25, 0.3) is 0 Å². The molecule has 0 amide bonds. The van der Waals surface area contributed by atoms with Crippen LogP contribution in [0.25, 0.3) is 17.1 Å². The Hall–Kier alpha value is -2.83. The zero-order valence-corrected chi connectivity index (χ0v) is 12.2. The molecule has 2 N–H and O–H groups in total. The Kier molecular flexibility index (Phi) is 3.55. The largest absolute Gasteiger partial charge is 0.416 e. The summed E-state index contributed by atoms with van der Waals surface area (Å²) in [5.74, 6) is 0.422. The van der Waals surface area contributed by atoms with E-state index >= 15 is 0 Å². The number of nitrogen functional groups attached to an aromatic ring is 1. The van der Waals surface area contributed by atoms with Crippen molar-refractivity contribution >= 4 is 5.69 Å². The predicted octanol–water partition coefficient (Wildman–Crippen LogP) is 3.84. The number of rotatable bonds is 2. The van der Waals surface area contributed by atoms with Gasteiger partial charge in [0.15, 0.2) is 5.82 Å². The van der Waals surface area contributed by atoms with Gasteiger partial charge in [-0.15, -0.1) is 5.10 Å². The molecule has 7 heteroatoms. The second kappa shape index (κ2) is 5.42. The summed E-state index contributed by atoms with van der Waals surface area (Å²) in [5.41, 5.74) is 7.64. The van der Waals surface area contributed by atoms with Crippen molar-refractivity contribution in [3.8, 4) is 17.1 Å². The van der Waals surface area contributed by atoms with Gasteiger partial charge in [-0.2, -0.15) is 13.2 Å². The molecule has 0 aliphatic heterocycles. The van der Waals surface area contributed by atoms with Crippen molar-refractivity contribution in [2.45, 2.75) is 13.1 Å². The second-order valence-electron chi connectivity index (χ2n) is 5.13. The first-order chi connectivity index (χ1) is 10.8. The van der Waals surface area contributed by atoms with Crippen molar-refractivity contribution in [1.29, 1.82) is 0 Å². The molecule has 0 fully saturated rings. The van der Waals surface area contributed by atoms with E-state index in [1.165, 1.54) is 17.1 Å². The lowest BCUT2D eigenvalue weighted by atomic mass is 10.1. The highest BCUT2D eigenvalue weighted by atomic mass is 19.4. The molecule has 0 unspecified atom stereocenters. The molecule has 4 nitrogen and oxygen atoms in total. The molecule has 0 aliphatic rings. The molecule has 3 aromatic rings. The highest BCUT2D eigenvalue weighted by Gasteiger charge is 2.30. The maximum atomic E-state index is 12.8. The van der Waals surface area contributed by atoms with Crippen LogP contribution in [0.2, 0.25) is 0 Å². The summed E-state index contributed by atoms with van der Waals surface area (Å²) in [7, 11) is 0. The minimum absolute atomic E-state index is 0.297. The van der Waals surface area contributed by atoms with Crippen LogP contribution in [0.4, 0.5) is 18.9 Å². The molecule has 0 spiro atoms. The highest BCUT2D eigenvalue weighted by Crippen LogP contribution is 2.30. The number of benzene rings is 2. The zero-order valence-electron chi connectivity index (χ0n) is 12.2. The van der Waals surface area contributed by atoms with Crippen LogP contribution in [-0.4, -0.2) is 14.8 Å². The van der Waals surface area contributed by atoms with Crippen LogP contribution in [-0.2, 0) is 6.18 Å². The Morgan fingerprint density at radius 2 is 1.87 bits per heavy atom. The van der Waals surface area contributed by atoms with Gasteiger partial charge in [-0.3, -0.25) is 0 Å². The summed E-state index contributed by atoms with van der Waals surface area (Å²) in [5, 5.41) is 4.24. The molecule has 0 atom stereocenters. The van der Waals surface area contributed by atoms with Crippen molar-refractivity contribution in [2.75, 3.05) is 5.73 Å². The normalized spacial score (nSPS) is 11.7. The van der Waals surface area contributed by atoms with Crippen LogP contribution in [0.15, 0.2) is 48.8 Å². The van der Waals surface area contributed by atoms with Crippen LogP contribution in [0.3, 0.4) is 0 Å². The van der Waals surface area contributed by atoms with Crippen LogP contribution >= 0.6 is 0 Å². The third kappa shape index (κ3) is 3.03. The third-order valence-corrected chi connectivity index (χ3v) is 3.46. The number of hydrogen-bond donors (Lipinski definition) is 1. The van der Waals surface area contributed by atoms with E-state index < -0.39 is 11.7 Å². The quantitative estimate of drug-likeness (QED) is 0.730. The molecule has 23 heavy (non-hydrogen) atoms. The first kappa shape index (κ1) is 15.1. The molecule has 1 aromatic heterocycles. The Morgan fingerprint density at radius 1 is 1.09 bits per heavy atom. The zero-order chi connectivity index (χ0) is 16.6. The average molecular weight is 318 g/mol. The fourth-order valence-electron chi connectivity index (χ4n) is 2.16. The lowest BCUT2D eigenvalue weighted by Gasteiger charge is -2.08. The van der Waals surface area contributed by atoms with Gasteiger partial charge in [0.2, 0.25) is 0 Å². The predicted molar refractivity (Wildman–Crippen MR) is 80.9 cm³/mol. The van der Waals surface area contributed by atoms with E-state index in [4.69, 9.17) is 5.73 Å². The number of nitrogens with zero attached hydrogens (tertiary/aromatic N) is 3. The summed E-state index contributed by atoms with van der Waals surface area (Å²) in [6, 6.07) is 10.3. The topological polar surface area (TPSA) is 56.7 Å². The van der Waals surface area contributed by atoms with E-state index in [0.29, 0.717) is 17.2 Å². The van der Waals surface area contributed by atoms with Gasteiger partial charge in [0, 0.05) is 11.3 Å². The molecule has 0 aliphatic carbocycles. The molecular weight excluding hydrogens is 305 g/mol. The fourth-order valence-corrected chi connectivity index (χ4v) is 2.16. The maximum absolute atomic E-state index is 12.8. The van der Waals surface area contributed by atoms with E-state index in [9.17, 15) is 13.2 Å². The number of alkyl halides is 3. The lowest BCUT2D eigenvalue weighted by Crippen LogP contribution is -2.06. The number of anilines is 1. The second-order valence-corrected chi connectivity index (χ2v) is 5.13. The monoisotopic (exact) mass is 318 g/mol. The van der Waals surface area contributed by atoms with E-state index in [0.717, 1.165) is 23.3 Å². The van der Waals surface area contributed by atoms with Gasteiger partial charge >= 0.3 is 6.18 Å². The SMILES string of the molecule is Cc1cc(-c2ncn(-c3cccc(C(F)(F)F)c3)n2)ccc1N. The van der Waals surface area contributed by atoms with Crippen molar-refractivity contribution in [3.63, 3.8) is 0 Å². The standard InChI is InChI=1S/C16H13F3N4/c1-10-7-11(5-6-14(10)20)15-21-9-23(22-15)13-4-2-3-12(8-13)16(17,18)19/h2-9H,20H2,1H3. The fraction of sp³-hybridized carbons (Fsp3) is 0.125. The Bertz CT molecular complexity index is 853. The molecule has 2 aromatic carbocycles. The van der Waals surface area contributed by atoms with E-state index in [1.54, 1.807) is 18.2 Å². The molecule has 118 valence electrons. The first-order valence-corrected chi connectivity index (χ1v) is 6.80. The summed E-state index contributed by atoms with van der Waals surface area (Å²) < 4.78 is 39.7. The molecular formula is C16H13F3N4. The van der Waals surface area contributed by atoms with E-state index in [-0.39, 0.29) is 0 Å². The van der Waals surface area contributed by atoms with Crippen LogP contribution in [0.5, 0.6) is 0 Å². The lowest BCUT2D eigenvalue weighted by molar-refractivity contribution is -0.137. The number of aromatic nitrogens is 3. The van der Waals surface area contributed by atoms with Gasteiger partial charge < -0.3 is 5.73 Å². The minimum atomic E-state index is -4.40. The number of hydrogen-bond acceptors (Lipinski definition) is 3. The number of halogens is 3. The van der Waals surface area contributed by atoms with Gasteiger partial charge in [0.1, 0.15) is 6.33 Å². The molecule has 0 saturated carbocycles. The Balaban J connectivity index is 1.97. The van der Waals surface area contributed by atoms with E-state index in [2.05, 4.69) is 10.1 Å². The summed E-state index contributed by atoms with van der Waals surface area (Å²) in [4.78, 5) is 4.16. The molecule has 1 heterocycles. The van der Waals surface area contributed by atoms with Gasteiger partial charge in [-0.05, 0) is 48.9 Å². The summed E-state index contributed by atoms with van der Waals surface area (Å²) in [6.45, 7) is 1.86. The third-order valence-electron chi connectivity index (χ3n) is 3.46. The van der Waals surface area contributed by atoms with Gasteiger partial charge in [0.05, 0.1) is 11.3 Å². The van der Waals surface area contributed by atoms with E-state index in [1.807, 2.05) is 13.0 Å². The van der Waals surface area contributed by atoms with Crippen LogP contribution < -0.4 is 5.73 Å². The Morgan fingerprint density at radius 3 is 2.57 bits per heavy atom. The molecule has 0 saturated heterocycles. The first-order valence-electron chi connectivity index (χ1n) is 6.80. The summed E-state index contributed by atoms with van der Waals surface area (Å²) >= 11 is 0. The van der Waals surface area contributed by atoms with Crippen LogP contribution in [0.1, 0.15) is 11.1 Å². The van der Waals surface area contributed by atoms with Crippen molar-refractivity contribution < 1.29 is 13.2 Å². The van der Waals surface area contributed by atoms with Crippen molar-refractivity contribution in [1.82, 2.24) is 14.8 Å². The maximum Gasteiger partial charge on any atom is 0.416 e.